The van der Waals surface area contributed by atoms with E-state index >= 15 is 0 Å². The van der Waals surface area contributed by atoms with Crippen molar-refractivity contribution in [3.8, 4) is 0 Å². The fourth-order valence-electron chi connectivity index (χ4n) is 1.52. The van der Waals surface area contributed by atoms with Crippen LogP contribution < -0.4 is 5.32 Å². The summed E-state index contributed by atoms with van der Waals surface area (Å²) in [7, 11) is 0. The first kappa shape index (κ1) is 16.7. The lowest BCUT2D eigenvalue weighted by atomic mass is 10.2. The van der Waals surface area contributed by atoms with E-state index in [0.29, 0.717) is 5.69 Å². The zero-order chi connectivity index (χ0) is 15.5. The van der Waals surface area contributed by atoms with Gasteiger partial charge < -0.3 is 14.8 Å². The maximum absolute atomic E-state index is 12.1. The van der Waals surface area contributed by atoms with Crippen LogP contribution in [0.2, 0.25) is 0 Å². The third kappa shape index (κ3) is 6.54. The second-order valence-electron chi connectivity index (χ2n) is 4.14. The molecule has 0 heterocycles. The van der Waals surface area contributed by atoms with E-state index in [1.54, 1.807) is 24.3 Å². The summed E-state index contributed by atoms with van der Waals surface area (Å²) in [5, 5.41) is 2.69. The number of carbonyl (C=O) groups excluding carboxylic acids is 2. The largest absolute Gasteiger partial charge is 0.461 e. The minimum Gasteiger partial charge on any atom is -0.461 e. The van der Waals surface area contributed by atoms with Crippen LogP contribution in [0.15, 0.2) is 55.6 Å². The number of hydrogen-bond donors (Lipinski definition) is 1. The number of carbonyl (C=O) groups is 2. The van der Waals surface area contributed by atoms with E-state index < -0.39 is 18.0 Å². The maximum Gasteiger partial charge on any atom is 0.309 e. The van der Waals surface area contributed by atoms with Gasteiger partial charge in [-0.2, -0.15) is 0 Å². The molecular weight excluding hydrogens is 270 g/mol. The van der Waals surface area contributed by atoms with Gasteiger partial charge in [-0.1, -0.05) is 36.9 Å². The van der Waals surface area contributed by atoms with Gasteiger partial charge in [0.05, 0.1) is 13.0 Å². The quantitative estimate of drug-likeness (QED) is 0.559. The molecule has 1 N–H and O–H groups in total. The Bertz CT molecular complexity index is 484. The van der Waals surface area contributed by atoms with E-state index in [9.17, 15) is 9.59 Å². The second kappa shape index (κ2) is 9.50. The molecule has 0 fully saturated rings. The van der Waals surface area contributed by atoms with Crippen molar-refractivity contribution in [1.29, 1.82) is 0 Å². The molecule has 112 valence electrons. The average molecular weight is 289 g/mol. The van der Waals surface area contributed by atoms with Crippen LogP contribution in [0.1, 0.15) is 6.42 Å². The first-order valence-corrected chi connectivity index (χ1v) is 6.52. The van der Waals surface area contributed by atoms with Gasteiger partial charge in [-0.3, -0.25) is 9.59 Å². The molecule has 0 aliphatic carbocycles. The Kier molecular flexibility index (Phi) is 7.53. The molecule has 0 saturated heterocycles. The van der Waals surface area contributed by atoms with Crippen LogP contribution in [-0.2, 0) is 19.1 Å². The van der Waals surface area contributed by atoms with E-state index in [0.717, 1.165) is 0 Å². The summed E-state index contributed by atoms with van der Waals surface area (Å²) in [4.78, 5) is 23.7. The molecule has 1 rings (SSSR count). The van der Waals surface area contributed by atoms with E-state index in [-0.39, 0.29) is 19.6 Å². The average Bonchev–Trinajstić information content (AvgIpc) is 2.50. The van der Waals surface area contributed by atoms with Gasteiger partial charge in [0.1, 0.15) is 12.7 Å². The molecule has 5 nitrogen and oxygen atoms in total. The molecule has 0 bridgehead atoms. The monoisotopic (exact) mass is 289 g/mol. The summed E-state index contributed by atoms with van der Waals surface area (Å²) in [6.07, 6.45) is 1.88. The third-order valence-corrected chi connectivity index (χ3v) is 2.46. The maximum atomic E-state index is 12.1. The van der Waals surface area contributed by atoms with Gasteiger partial charge in [0.25, 0.3) is 5.91 Å². The fraction of sp³-hybridized carbons (Fsp3) is 0.250. The first-order valence-electron chi connectivity index (χ1n) is 6.52. The van der Waals surface area contributed by atoms with Crippen molar-refractivity contribution in [1.82, 2.24) is 0 Å². The van der Waals surface area contributed by atoms with Gasteiger partial charge >= 0.3 is 5.97 Å². The third-order valence-electron chi connectivity index (χ3n) is 2.46. The highest BCUT2D eigenvalue weighted by Crippen LogP contribution is 2.09. The molecule has 0 spiro atoms. The summed E-state index contributed by atoms with van der Waals surface area (Å²) in [5.41, 5.74) is 0.633. The van der Waals surface area contributed by atoms with Crippen LogP contribution >= 0.6 is 0 Å². The molecule has 0 aliphatic rings. The van der Waals surface area contributed by atoms with Crippen molar-refractivity contribution in [2.24, 2.45) is 0 Å². The van der Waals surface area contributed by atoms with E-state index in [1.807, 2.05) is 6.07 Å². The van der Waals surface area contributed by atoms with Gasteiger partial charge in [-0.15, -0.1) is 6.58 Å². The van der Waals surface area contributed by atoms with Crippen LogP contribution in [0, 0.1) is 0 Å². The molecule has 0 saturated carbocycles. The van der Waals surface area contributed by atoms with Crippen molar-refractivity contribution in [3.05, 3.63) is 55.6 Å². The Balaban J connectivity index is 2.62. The predicted molar refractivity (Wildman–Crippen MR) is 80.8 cm³/mol. The number of esters is 1. The lowest BCUT2D eigenvalue weighted by Gasteiger charge is -2.16. The predicted octanol–water partition coefficient (Wildman–Crippen LogP) is 2.32. The van der Waals surface area contributed by atoms with Crippen LogP contribution in [0.3, 0.4) is 0 Å². The second-order valence-corrected chi connectivity index (χ2v) is 4.14. The standard InChI is InChI=1S/C16H19NO4/c1-3-10-20-14(12-15(18)21-11-4-2)16(19)17-13-8-6-5-7-9-13/h3-9,14H,1-2,10-12H2,(H,17,19). The lowest BCUT2D eigenvalue weighted by molar-refractivity contribution is -0.148. The summed E-state index contributed by atoms with van der Waals surface area (Å²) in [6, 6.07) is 8.94. The van der Waals surface area contributed by atoms with Gasteiger partial charge in [0.2, 0.25) is 0 Å². The van der Waals surface area contributed by atoms with Gasteiger partial charge in [0.15, 0.2) is 0 Å². The number of hydrogen-bond acceptors (Lipinski definition) is 4. The van der Waals surface area contributed by atoms with Crippen LogP contribution in [0.25, 0.3) is 0 Å². The molecule has 5 heteroatoms. The SMILES string of the molecule is C=CCOC(=O)CC(OCC=C)C(=O)Nc1ccccc1. The minimum atomic E-state index is -0.930. The number of anilines is 1. The highest BCUT2D eigenvalue weighted by molar-refractivity contribution is 5.96. The summed E-state index contributed by atoms with van der Waals surface area (Å²) in [5.74, 6) is -0.925. The van der Waals surface area contributed by atoms with Gasteiger partial charge in [-0.25, -0.2) is 0 Å². The molecule has 1 atom stereocenters. The molecule has 0 aliphatic heterocycles. The van der Waals surface area contributed by atoms with Crippen molar-refractivity contribution >= 4 is 17.6 Å². The summed E-state index contributed by atoms with van der Waals surface area (Å²) >= 11 is 0. The van der Waals surface area contributed by atoms with E-state index in [2.05, 4.69) is 18.5 Å². The first-order chi connectivity index (χ1) is 10.2. The molecule has 1 unspecified atom stereocenters. The van der Waals surface area contributed by atoms with Crippen LogP contribution in [0.5, 0.6) is 0 Å². The number of nitrogens with one attached hydrogen (secondary N) is 1. The lowest BCUT2D eigenvalue weighted by Crippen LogP contribution is -2.33. The zero-order valence-corrected chi connectivity index (χ0v) is 11.8. The van der Waals surface area contributed by atoms with Crippen molar-refractivity contribution in [2.75, 3.05) is 18.5 Å². The number of ether oxygens (including phenoxy) is 2. The molecule has 1 aromatic rings. The topological polar surface area (TPSA) is 64.6 Å². The Morgan fingerprint density at radius 3 is 2.43 bits per heavy atom. The highest BCUT2D eigenvalue weighted by atomic mass is 16.5. The summed E-state index contributed by atoms with van der Waals surface area (Å²) in [6.45, 7) is 7.24. The van der Waals surface area contributed by atoms with E-state index in [1.165, 1.54) is 12.2 Å². The van der Waals surface area contributed by atoms with Crippen LogP contribution in [-0.4, -0.2) is 31.2 Å². The number of amides is 1. The van der Waals surface area contributed by atoms with E-state index in [4.69, 9.17) is 9.47 Å². The molecule has 0 radical (unpaired) electrons. The van der Waals surface area contributed by atoms with Gasteiger partial charge in [-0.05, 0) is 12.1 Å². The number of rotatable bonds is 9. The number of benzene rings is 1. The molecule has 0 aromatic heterocycles. The Morgan fingerprint density at radius 2 is 1.81 bits per heavy atom. The molecule has 1 aromatic carbocycles. The van der Waals surface area contributed by atoms with Crippen molar-refractivity contribution in [2.45, 2.75) is 12.5 Å². The van der Waals surface area contributed by atoms with Gasteiger partial charge in [0, 0.05) is 5.69 Å². The zero-order valence-electron chi connectivity index (χ0n) is 11.8. The molecular formula is C16H19NO4. The Labute approximate surface area is 124 Å². The van der Waals surface area contributed by atoms with Crippen molar-refractivity contribution < 1.29 is 19.1 Å². The smallest absolute Gasteiger partial charge is 0.309 e. The Morgan fingerprint density at radius 1 is 1.14 bits per heavy atom. The molecule has 21 heavy (non-hydrogen) atoms. The van der Waals surface area contributed by atoms with Crippen molar-refractivity contribution in [3.63, 3.8) is 0 Å². The highest BCUT2D eigenvalue weighted by Gasteiger charge is 2.23. The fourth-order valence-corrected chi connectivity index (χ4v) is 1.52. The Hall–Kier alpha value is -2.40. The molecule has 1 amide bonds. The minimum absolute atomic E-state index is 0.104. The van der Waals surface area contributed by atoms with Crippen LogP contribution in [0.4, 0.5) is 5.69 Å². The number of para-hydroxylation sites is 1. The normalized spacial score (nSPS) is 11.2. The summed E-state index contributed by atoms with van der Waals surface area (Å²) < 4.78 is 10.2.